The van der Waals surface area contributed by atoms with Crippen LogP contribution in [0.3, 0.4) is 0 Å². The number of rotatable bonds is 5. The van der Waals surface area contributed by atoms with E-state index >= 15 is 0 Å². The van der Waals surface area contributed by atoms with E-state index in [1.54, 1.807) is 0 Å². The van der Waals surface area contributed by atoms with Crippen LogP contribution < -0.4 is 10.6 Å². The first-order valence-electron chi connectivity index (χ1n) is 4.41. The minimum Gasteiger partial charge on any atom is -0.351 e. The van der Waals surface area contributed by atoms with E-state index in [1.165, 1.54) is 11.3 Å². The van der Waals surface area contributed by atoms with Gasteiger partial charge >= 0.3 is 0 Å². The molecule has 3 nitrogen and oxygen atoms in total. The molecule has 78 valence electrons. The van der Waals surface area contributed by atoms with Gasteiger partial charge in [-0.15, -0.1) is 11.3 Å². The van der Waals surface area contributed by atoms with E-state index in [0.29, 0.717) is 0 Å². The van der Waals surface area contributed by atoms with Crippen molar-refractivity contribution in [3.05, 3.63) is 20.8 Å². The Morgan fingerprint density at radius 3 is 2.93 bits per heavy atom. The molecule has 0 atom stereocenters. The highest BCUT2D eigenvalue weighted by atomic mass is 79.9. The van der Waals surface area contributed by atoms with Crippen molar-refractivity contribution in [2.75, 3.05) is 20.1 Å². The van der Waals surface area contributed by atoms with E-state index in [9.17, 15) is 4.79 Å². The Morgan fingerprint density at radius 2 is 2.36 bits per heavy atom. The summed E-state index contributed by atoms with van der Waals surface area (Å²) in [6.07, 6.45) is 0.953. The van der Waals surface area contributed by atoms with Crippen molar-refractivity contribution in [2.24, 2.45) is 0 Å². The smallest absolute Gasteiger partial charge is 0.261 e. The Labute approximate surface area is 96.0 Å². The molecular weight excluding hydrogens is 264 g/mol. The summed E-state index contributed by atoms with van der Waals surface area (Å²) in [4.78, 5) is 12.2. The molecule has 14 heavy (non-hydrogen) atoms. The number of halogens is 1. The normalized spacial score (nSPS) is 10.1. The second-order valence-corrected chi connectivity index (χ2v) is 4.67. The summed E-state index contributed by atoms with van der Waals surface area (Å²) < 4.78 is 0.961. The monoisotopic (exact) mass is 276 g/mol. The molecule has 5 heteroatoms. The zero-order valence-corrected chi connectivity index (χ0v) is 10.4. The van der Waals surface area contributed by atoms with Gasteiger partial charge in [0.05, 0.1) is 4.88 Å². The summed E-state index contributed by atoms with van der Waals surface area (Å²) in [5.41, 5.74) is 0. The Bertz CT molecular complexity index is 301. The van der Waals surface area contributed by atoms with Gasteiger partial charge in [-0.3, -0.25) is 4.79 Å². The molecule has 0 radical (unpaired) electrons. The first-order valence-corrected chi connectivity index (χ1v) is 6.08. The minimum atomic E-state index is 0.0109. The lowest BCUT2D eigenvalue weighted by Gasteiger charge is -2.02. The van der Waals surface area contributed by atoms with Crippen molar-refractivity contribution in [1.82, 2.24) is 10.6 Å². The quantitative estimate of drug-likeness (QED) is 0.806. The molecule has 0 bridgehead atoms. The van der Waals surface area contributed by atoms with Gasteiger partial charge in [0.15, 0.2) is 0 Å². The van der Waals surface area contributed by atoms with E-state index in [-0.39, 0.29) is 5.91 Å². The third kappa shape index (κ3) is 3.77. The SMILES string of the molecule is CNCCCNC(=O)c1cc(Br)cs1. The fourth-order valence-electron chi connectivity index (χ4n) is 0.986. The Morgan fingerprint density at radius 1 is 1.57 bits per heavy atom. The lowest BCUT2D eigenvalue weighted by molar-refractivity contribution is 0.0957. The summed E-state index contributed by atoms with van der Waals surface area (Å²) in [6, 6.07) is 1.83. The zero-order chi connectivity index (χ0) is 10.4. The predicted molar refractivity (Wildman–Crippen MR) is 62.9 cm³/mol. The zero-order valence-electron chi connectivity index (χ0n) is 7.97. The molecule has 1 rings (SSSR count). The maximum Gasteiger partial charge on any atom is 0.261 e. The van der Waals surface area contributed by atoms with Crippen LogP contribution in [-0.2, 0) is 0 Å². The van der Waals surface area contributed by atoms with Crippen LogP contribution in [0.4, 0.5) is 0 Å². The third-order valence-electron chi connectivity index (χ3n) is 1.68. The Balaban J connectivity index is 2.29. The van der Waals surface area contributed by atoms with Crippen LogP contribution >= 0.6 is 27.3 Å². The van der Waals surface area contributed by atoms with Crippen LogP contribution in [0.5, 0.6) is 0 Å². The molecule has 0 aliphatic heterocycles. The number of thiophene rings is 1. The molecule has 2 N–H and O–H groups in total. The predicted octanol–water partition coefficient (Wildman–Crippen LogP) is 1.85. The van der Waals surface area contributed by atoms with Crippen LogP contribution in [0.2, 0.25) is 0 Å². The van der Waals surface area contributed by atoms with E-state index in [0.717, 1.165) is 28.9 Å². The standard InChI is InChI=1S/C9H13BrN2OS/c1-11-3-2-4-12-9(13)8-5-7(10)6-14-8/h5-6,11H,2-4H2,1H3,(H,12,13). The molecule has 0 aromatic carbocycles. The summed E-state index contributed by atoms with van der Waals surface area (Å²) >= 11 is 4.76. The van der Waals surface area contributed by atoms with Crippen molar-refractivity contribution in [1.29, 1.82) is 0 Å². The molecule has 1 aromatic heterocycles. The fourth-order valence-corrected chi connectivity index (χ4v) is 2.33. The second kappa shape index (κ2) is 6.16. The van der Waals surface area contributed by atoms with Crippen LogP contribution in [0.25, 0.3) is 0 Å². The van der Waals surface area contributed by atoms with Crippen LogP contribution in [0.1, 0.15) is 16.1 Å². The fraction of sp³-hybridized carbons (Fsp3) is 0.444. The van der Waals surface area contributed by atoms with Gasteiger partial charge in [-0.2, -0.15) is 0 Å². The van der Waals surface area contributed by atoms with Crippen LogP contribution in [-0.4, -0.2) is 26.0 Å². The number of carbonyl (C=O) groups excluding carboxylic acids is 1. The van der Waals surface area contributed by atoms with Crippen LogP contribution in [0.15, 0.2) is 15.9 Å². The molecular formula is C9H13BrN2OS. The van der Waals surface area contributed by atoms with E-state index < -0.39 is 0 Å². The lowest BCUT2D eigenvalue weighted by atomic mass is 10.4. The summed E-state index contributed by atoms with van der Waals surface area (Å²) in [7, 11) is 1.90. The largest absolute Gasteiger partial charge is 0.351 e. The van der Waals surface area contributed by atoms with Gasteiger partial charge in [-0.1, -0.05) is 0 Å². The van der Waals surface area contributed by atoms with Gasteiger partial charge in [0, 0.05) is 16.4 Å². The van der Waals surface area contributed by atoms with Gasteiger partial charge in [0.2, 0.25) is 0 Å². The van der Waals surface area contributed by atoms with Gasteiger partial charge in [0.25, 0.3) is 5.91 Å². The van der Waals surface area contributed by atoms with E-state index in [2.05, 4.69) is 26.6 Å². The topological polar surface area (TPSA) is 41.1 Å². The molecule has 0 aliphatic carbocycles. The second-order valence-electron chi connectivity index (χ2n) is 2.84. The van der Waals surface area contributed by atoms with Crippen LogP contribution in [0, 0.1) is 0 Å². The Hall–Kier alpha value is -0.390. The summed E-state index contributed by atoms with van der Waals surface area (Å²) in [6.45, 7) is 1.64. The average Bonchev–Trinajstić information content (AvgIpc) is 2.59. The summed E-state index contributed by atoms with van der Waals surface area (Å²) in [5, 5.41) is 7.79. The first-order chi connectivity index (χ1) is 6.74. The molecule has 1 heterocycles. The van der Waals surface area contributed by atoms with Gasteiger partial charge in [0.1, 0.15) is 0 Å². The van der Waals surface area contributed by atoms with Gasteiger partial charge < -0.3 is 10.6 Å². The number of hydrogen-bond acceptors (Lipinski definition) is 3. The van der Waals surface area contributed by atoms with Crippen molar-refractivity contribution in [3.63, 3.8) is 0 Å². The highest BCUT2D eigenvalue weighted by molar-refractivity contribution is 9.10. The number of carbonyl (C=O) groups is 1. The van der Waals surface area contributed by atoms with E-state index in [4.69, 9.17) is 0 Å². The summed E-state index contributed by atoms with van der Waals surface area (Å²) in [5.74, 6) is 0.0109. The number of nitrogens with one attached hydrogen (secondary N) is 2. The third-order valence-corrected chi connectivity index (χ3v) is 3.37. The highest BCUT2D eigenvalue weighted by Crippen LogP contribution is 2.19. The first kappa shape index (κ1) is 11.7. The maximum absolute atomic E-state index is 11.5. The Kier molecular flexibility index (Phi) is 5.14. The molecule has 1 amide bonds. The van der Waals surface area contributed by atoms with Gasteiger partial charge in [-0.05, 0) is 42.0 Å². The molecule has 0 spiro atoms. The average molecular weight is 277 g/mol. The number of hydrogen-bond donors (Lipinski definition) is 2. The number of amides is 1. The molecule has 0 saturated heterocycles. The highest BCUT2D eigenvalue weighted by Gasteiger charge is 2.06. The van der Waals surface area contributed by atoms with Gasteiger partial charge in [-0.25, -0.2) is 0 Å². The minimum absolute atomic E-state index is 0.0109. The molecule has 0 unspecified atom stereocenters. The molecule has 0 saturated carbocycles. The molecule has 0 fully saturated rings. The lowest BCUT2D eigenvalue weighted by Crippen LogP contribution is -2.25. The molecule has 1 aromatic rings. The van der Waals surface area contributed by atoms with E-state index in [1.807, 2.05) is 18.5 Å². The van der Waals surface area contributed by atoms with Crippen molar-refractivity contribution >= 4 is 33.2 Å². The maximum atomic E-state index is 11.5. The van der Waals surface area contributed by atoms with Crippen molar-refractivity contribution in [3.8, 4) is 0 Å². The van der Waals surface area contributed by atoms with Crippen molar-refractivity contribution < 1.29 is 4.79 Å². The molecule has 0 aliphatic rings. The van der Waals surface area contributed by atoms with Crippen molar-refractivity contribution in [2.45, 2.75) is 6.42 Å².